The van der Waals surface area contributed by atoms with Gasteiger partial charge in [-0.25, -0.2) is 14.4 Å². The van der Waals surface area contributed by atoms with Gasteiger partial charge in [-0.1, -0.05) is 74.2 Å². The maximum absolute atomic E-state index is 13.7. The number of hydrogen-bond donors (Lipinski definition) is 3. The van der Waals surface area contributed by atoms with Crippen molar-refractivity contribution >= 4 is 24.1 Å². The van der Waals surface area contributed by atoms with E-state index in [0.717, 1.165) is 17.5 Å². The third-order valence-corrected chi connectivity index (χ3v) is 8.99. The van der Waals surface area contributed by atoms with Gasteiger partial charge in [-0.05, 0) is 80.9 Å². The van der Waals surface area contributed by atoms with Crippen LogP contribution in [0.5, 0.6) is 5.75 Å². The Morgan fingerprint density at radius 1 is 1.00 bits per heavy atom. The van der Waals surface area contributed by atoms with Gasteiger partial charge in [0.05, 0.1) is 7.11 Å². The number of hydrogen-bond acceptors (Lipinski definition) is 8. The van der Waals surface area contributed by atoms with Gasteiger partial charge in [-0.3, -0.25) is 4.79 Å². The van der Waals surface area contributed by atoms with Gasteiger partial charge in [0.25, 0.3) is 0 Å². The number of alkyl carbamates (subject to hydrolysis) is 2. The maximum Gasteiger partial charge on any atom is 0.407 e. The van der Waals surface area contributed by atoms with Crippen molar-refractivity contribution in [1.29, 1.82) is 0 Å². The fourth-order valence-electron chi connectivity index (χ4n) is 6.50. The number of carbonyl (C=O) groups excluding carboxylic acids is 4. The number of allylic oxidation sites excluding steroid dienone is 3. The highest BCUT2D eigenvalue weighted by molar-refractivity contribution is 5.89. The molecule has 3 amide bonds. The molecule has 2 aliphatic rings. The molecule has 2 aromatic rings. The lowest BCUT2D eigenvalue weighted by Gasteiger charge is -2.30. The Balaban J connectivity index is 1.42. The minimum absolute atomic E-state index is 0.101. The molecular weight excluding hydrogens is 650 g/mol. The molecule has 4 atom stereocenters. The van der Waals surface area contributed by atoms with E-state index in [-0.39, 0.29) is 30.8 Å². The number of nitrogens with one attached hydrogen (secondary N) is 3. The number of benzene rings is 2. The summed E-state index contributed by atoms with van der Waals surface area (Å²) in [6.45, 7) is 12.0. The molecule has 11 heteroatoms. The van der Waals surface area contributed by atoms with E-state index in [2.05, 4.69) is 53.7 Å². The number of esters is 1. The molecule has 2 aromatic carbocycles. The minimum Gasteiger partial charge on any atom is -0.490 e. The average molecular weight is 702 g/mol. The van der Waals surface area contributed by atoms with Crippen LogP contribution in [0.25, 0.3) is 0 Å². The Morgan fingerprint density at radius 3 is 2.45 bits per heavy atom. The second-order valence-electron chi connectivity index (χ2n) is 14.0. The van der Waals surface area contributed by atoms with Gasteiger partial charge >= 0.3 is 18.2 Å². The van der Waals surface area contributed by atoms with Crippen LogP contribution in [-0.4, -0.2) is 68.6 Å². The topological polar surface area (TPSA) is 141 Å². The molecule has 0 heterocycles. The van der Waals surface area contributed by atoms with Crippen molar-refractivity contribution in [3.05, 3.63) is 102 Å². The number of methoxy groups -OCH3 is 1. The van der Waals surface area contributed by atoms with E-state index < -0.39 is 41.7 Å². The average Bonchev–Trinajstić information content (AvgIpc) is 3.35. The standard InChI is InChI=1S/C40H51N3O8/c1-7-24-49-28-20-18-27(19-21-28)25-34(36(45)48-6)42-35(44)33(17-11-13-23-41-37(46)51-39(2,3)4)43-38(47)50-26-30-29-14-8-9-15-31(29)40(5)22-12-10-16-32(30)40/h7-10,12,14-16,18-21,30,33-34H,1,11,13,17,22-26H2,2-6H3,(H,41,46)(H,42,44)(H,43,47)/t30?,33-,34-,40?/m0/s1. The molecule has 0 bridgehead atoms. The van der Waals surface area contributed by atoms with Crippen LogP contribution in [0.2, 0.25) is 0 Å². The van der Waals surface area contributed by atoms with E-state index in [1.165, 1.54) is 18.2 Å². The summed E-state index contributed by atoms with van der Waals surface area (Å²) in [7, 11) is 1.25. The van der Waals surface area contributed by atoms with Crippen LogP contribution in [0, 0.1) is 0 Å². The summed E-state index contributed by atoms with van der Waals surface area (Å²) in [5, 5.41) is 8.21. The molecule has 4 rings (SSSR count). The lowest BCUT2D eigenvalue weighted by molar-refractivity contribution is -0.145. The van der Waals surface area contributed by atoms with Gasteiger partial charge in [-0.15, -0.1) is 0 Å². The van der Waals surface area contributed by atoms with Crippen molar-refractivity contribution in [3.8, 4) is 5.75 Å². The Labute approximate surface area is 300 Å². The number of rotatable bonds is 16. The highest BCUT2D eigenvalue weighted by atomic mass is 16.6. The lowest BCUT2D eigenvalue weighted by atomic mass is 9.74. The molecular formula is C40H51N3O8. The predicted octanol–water partition coefficient (Wildman–Crippen LogP) is 6.18. The van der Waals surface area contributed by atoms with Gasteiger partial charge in [0.15, 0.2) is 0 Å². The maximum atomic E-state index is 13.7. The van der Waals surface area contributed by atoms with Crippen LogP contribution >= 0.6 is 0 Å². The van der Waals surface area contributed by atoms with E-state index in [0.29, 0.717) is 31.7 Å². The quantitative estimate of drug-likeness (QED) is 0.0816. The van der Waals surface area contributed by atoms with Crippen LogP contribution < -0.4 is 20.7 Å². The normalized spacial score (nSPS) is 18.5. The summed E-state index contributed by atoms with van der Waals surface area (Å²) in [4.78, 5) is 51.9. The molecule has 0 saturated heterocycles. The molecule has 2 aliphatic carbocycles. The van der Waals surface area contributed by atoms with E-state index in [1.54, 1.807) is 51.1 Å². The van der Waals surface area contributed by atoms with Crippen LogP contribution in [0.3, 0.4) is 0 Å². The van der Waals surface area contributed by atoms with Crippen LogP contribution in [-0.2, 0) is 35.6 Å². The monoisotopic (exact) mass is 701 g/mol. The van der Waals surface area contributed by atoms with Gasteiger partial charge in [-0.2, -0.15) is 0 Å². The van der Waals surface area contributed by atoms with Crippen molar-refractivity contribution in [3.63, 3.8) is 0 Å². The van der Waals surface area contributed by atoms with E-state index in [4.69, 9.17) is 18.9 Å². The van der Waals surface area contributed by atoms with Crippen molar-refractivity contribution in [2.45, 2.75) is 88.8 Å². The van der Waals surface area contributed by atoms with Crippen molar-refractivity contribution in [2.24, 2.45) is 0 Å². The Kier molecular flexibility index (Phi) is 13.5. The summed E-state index contributed by atoms with van der Waals surface area (Å²) in [5.41, 5.74) is 3.50. The first-order chi connectivity index (χ1) is 24.3. The molecule has 0 spiro atoms. The zero-order valence-electron chi connectivity index (χ0n) is 30.3. The summed E-state index contributed by atoms with van der Waals surface area (Å²) in [6.07, 6.45) is 8.87. The van der Waals surface area contributed by atoms with Gasteiger partial charge < -0.3 is 34.9 Å². The molecule has 0 radical (unpaired) electrons. The number of amides is 3. The van der Waals surface area contributed by atoms with Crippen LogP contribution in [0.1, 0.15) is 76.0 Å². The number of fused-ring (bicyclic) bond motifs is 3. The number of unbranched alkanes of at least 4 members (excludes halogenated alkanes) is 1. The molecule has 11 nitrogen and oxygen atoms in total. The van der Waals surface area contributed by atoms with Crippen molar-refractivity contribution in [2.75, 3.05) is 26.9 Å². The van der Waals surface area contributed by atoms with Gasteiger partial charge in [0.1, 0.15) is 36.6 Å². The van der Waals surface area contributed by atoms with Crippen LogP contribution in [0.15, 0.2) is 85.0 Å². The number of carbonyl (C=O) groups is 4. The predicted molar refractivity (Wildman–Crippen MR) is 195 cm³/mol. The molecule has 274 valence electrons. The Hall–Kier alpha value is -5.06. The first-order valence-corrected chi connectivity index (χ1v) is 17.4. The molecule has 0 aromatic heterocycles. The Bertz CT molecular complexity index is 1610. The second kappa shape index (κ2) is 17.7. The summed E-state index contributed by atoms with van der Waals surface area (Å²) in [5.74, 6) is -0.670. The SMILES string of the molecule is C=CCOc1ccc(C[C@H](NC(=O)[C@H](CCCCNC(=O)OC(C)(C)C)NC(=O)OCC2C3=CC=CCC3(C)c3ccccc32)C(=O)OC)cc1. The fourth-order valence-corrected chi connectivity index (χ4v) is 6.50. The third-order valence-electron chi connectivity index (χ3n) is 8.99. The molecule has 2 unspecified atom stereocenters. The van der Waals surface area contributed by atoms with Crippen LogP contribution in [0.4, 0.5) is 9.59 Å². The summed E-state index contributed by atoms with van der Waals surface area (Å²) < 4.78 is 21.6. The van der Waals surface area contributed by atoms with E-state index >= 15 is 0 Å². The zero-order chi connectivity index (χ0) is 37.0. The molecule has 0 fully saturated rings. The molecule has 0 saturated carbocycles. The molecule has 3 N–H and O–H groups in total. The minimum atomic E-state index is -1.03. The molecule has 51 heavy (non-hydrogen) atoms. The Morgan fingerprint density at radius 2 is 1.75 bits per heavy atom. The lowest BCUT2D eigenvalue weighted by Crippen LogP contribution is -2.52. The second-order valence-corrected chi connectivity index (χ2v) is 14.0. The van der Waals surface area contributed by atoms with Crippen molar-refractivity contribution in [1.82, 2.24) is 16.0 Å². The first kappa shape index (κ1) is 38.7. The summed E-state index contributed by atoms with van der Waals surface area (Å²) >= 11 is 0. The third kappa shape index (κ3) is 10.7. The zero-order valence-corrected chi connectivity index (χ0v) is 30.3. The highest BCUT2D eigenvalue weighted by Crippen LogP contribution is 2.53. The highest BCUT2D eigenvalue weighted by Gasteiger charge is 2.45. The van der Waals surface area contributed by atoms with Gasteiger partial charge in [0.2, 0.25) is 5.91 Å². The van der Waals surface area contributed by atoms with Gasteiger partial charge in [0, 0.05) is 24.3 Å². The molecule has 0 aliphatic heterocycles. The number of ether oxygens (including phenoxy) is 4. The first-order valence-electron chi connectivity index (χ1n) is 17.4. The largest absolute Gasteiger partial charge is 0.490 e. The van der Waals surface area contributed by atoms with E-state index in [1.807, 2.05) is 18.2 Å². The van der Waals surface area contributed by atoms with Crippen molar-refractivity contribution < 1.29 is 38.1 Å². The summed E-state index contributed by atoms with van der Waals surface area (Å²) in [6, 6.07) is 13.3. The van der Waals surface area contributed by atoms with E-state index in [9.17, 15) is 19.2 Å². The fraction of sp³-hybridized carbons (Fsp3) is 0.450. The smallest absolute Gasteiger partial charge is 0.407 e.